The number of imide groups is 1. The molecule has 2 aliphatic heterocycles. The van der Waals surface area contributed by atoms with Gasteiger partial charge in [0.05, 0.1) is 18.4 Å². The number of benzene rings is 2. The summed E-state index contributed by atoms with van der Waals surface area (Å²) in [6.45, 7) is 3.92. The molecule has 0 saturated carbocycles. The van der Waals surface area contributed by atoms with Crippen LogP contribution in [0.25, 0.3) is 5.57 Å². The summed E-state index contributed by atoms with van der Waals surface area (Å²) >= 11 is 6.27. The maximum Gasteiger partial charge on any atom is 0.277 e. The molecule has 2 amide bonds. The maximum absolute atomic E-state index is 13.0. The number of piperazine rings is 1. The fraction of sp³-hybridized carbons (Fsp3) is 0.273. The molecule has 0 radical (unpaired) electrons. The van der Waals surface area contributed by atoms with E-state index in [0.717, 1.165) is 36.8 Å². The second-order valence-electron chi connectivity index (χ2n) is 7.17. The fourth-order valence-corrected chi connectivity index (χ4v) is 3.90. The summed E-state index contributed by atoms with van der Waals surface area (Å²) in [5.74, 6) is -0.258. The average Bonchev–Trinajstić information content (AvgIpc) is 2.97. The molecule has 4 rings (SSSR count). The lowest BCUT2D eigenvalue weighted by molar-refractivity contribution is -0.119. The van der Waals surface area contributed by atoms with Crippen molar-refractivity contribution in [3.63, 3.8) is 0 Å². The van der Waals surface area contributed by atoms with E-state index in [9.17, 15) is 9.59 Å². The van der Waals surface area contributed by atoms with Crippen LogP contribution in [0.4, 0.5) is 11.4 Å². The van der Waals surface area contributed by atoms with E-state index in [4.69, 9.17) is 16.3 Å². The van der Waals surface area contributed by atoms with Crippen molar-refractivity contribution in [1.82, 2.24) is 4.90 Å². The predicted molar refractivity (Wildman–Crippen MR) is 114 cm³/mol. The Morgan fingerprint density at radius 1 is 0.828 bits per heavy atom. The first-order valence-corrected chi connectivity index (χ1v) is 9.84. The number of carbonyl (C=O) groups is 2. The fourth-order valence-electron chi connectivity index (χ4n) is 3.62. The number of hydrogen-bond donors (Lipinski definition) is 0. The van der Waals surface area contributed by atoms with Crippen molar-refractivity contribution in [2.45, 2.75) is 0 Å². The number of nitrogens with zero attached hydrogens (tertiary/aromatic N) is 3. The first-order valence-electron chi connectivity index (χ1n) is 9.46. The molecule has 0 bridgehead atoms. The Bertz CT molecular complexity index is 962. The van der Waals surface area contributed by atoms with Crippen molar-refractivity contribution < 1.29 is 14.3 Å². The number of amides is 2. The lowest BCUT2D eigenvalue weighted by Gasteiger charge is -2.34. The average molecular weight is 412 g/mol. The van der Waals surface area contributed by atoms with Gasteiger partial charge in [-0.2, -0.15) is 0 Å². The van der Waals surface area contributed by atoms with E-state index in [2.05, 4.69) is 16.8 Å². The zero-order valence-electron chi connectivity index (χ0n) is 16.4. The Balaban J connectivity index is 1.56. The van der Waals surface area contributed by atoms with Gasteiger partial charge in [0.15, 0.2) is 0 Å². The standard InChI is InChI=1S/C22H22ClN3O3/c1-24-11-13-25(14-12-24)16-5-7-17(8-6-16)26-21(27)19(20(23)22(26)28)15-3-9-18(29-2)10-4-15/h3-10H,11-14H2,1-2H3. The van der Waals surface area contributed by atoms with Gasteiger partial charge in [0.2, 0.25) is 0 Å². The molecule has 0 aromatic heterocycles. The smallest absolute Gasteiger partial charge is 0.277 e. The van der Waals surface area contributed by atoms with Crippen LogP contribution in [0.3, 0.4) is 0 Å². The van der Waals surface area contributed by atoms with Gasteiger partial charge in [-0.3, -0.25) is 9.59 Å². The monoisotopic (exact) mass is 411 g/mol. The highest BCUT2D eigenvalue weighted by molar-refractivity contribution is 6.60. The van der Waals surface area contributed by atoms with E-state index in [0.29, 0.717) is 17.0 Å². The van der Waals surface area contributed by atoms with E-state index < -0.39 is 11.8 Å². The molecule has 150 valence electrons. The summed E-state index contributed by atoms with van der Waals surface area (Å²) < 4.78 is 5.15. The van der Waals surface area contributed by atoms with Gasteiger partial charge in [0.1, 0.15) is 10.8 Å². The van der Waals surface area contributed by atoms with Gasteiger partial charge in [-0.05, 0) is 49.0 Å². The topological polar surface area (TPSA) is 53.1 Å². The molecule has 7 heteroatoms. The molecule has 0 atom stereocenters. The van der Waals surface area contributed by atoms with E-state index in [1.165, 1.54) is 0 Å². The molecule has 2 aromatic rings. The number of rotatable bonds is 4. The second-order valence-corrected chi connectivity index (χ2v) is 7.55. The zero-order valence-corrected chi connectivity index (χ0v) is 17.1. The molecule has 2 heterocycles. The van der Waals surface area contributed by atoms with E-state index in [1.807, 2.05) is 12.1 Å². The van der Waals surface area contributed by atoms with Crippen LogP contribution in [0.2, 0.25) is 0 Å². The summed E-state index contributed by atoms with van der Waals surface area (Å²) in [6, 6.07) is 14.4. The van der Waals surface area contributed by atoms with Crippen LogP contribution in [-0.2, 0) is 9.59 Å². The second kappa shape index (κ2) is 7.89. The molecule has 6 nitrogen and oxygen atoms in total. The Labute approximate surface area is 174 Å². The molecule has 1 fully saturated rings. The molecular formula is C22H22ClN3O3. The Morgan fingerprint density at radius 2 is 1.41 bits per heavy atom. The van der Waals surface area contributed by atoms with E-state index >= 15 is 0 Å². The lowest BCUT2D eigenvalue weighted by atomic mass is 10.1. The molecule has 0 spiro atoms. The van der Waals surface area contributed by atoms with Gasteiger partial charge < -0.3 is 14.5 Å². The SMILES string of the molecule is COc1ccc(C2=C(Cl)C(=O)N(c3ccc(N4CCN(C)CC4)cc3)C2=O)cc1. The highest BCUT2D eigenvalue weighted by Gasteiger charge is 2.39. The minimum Gasteiger partial charge on any atom is -0.497 e. The van der Waals surface area contributed by atoms with Crippen molar-refractivity contribution in [3.8, 4) is 5.75 Å². The quantitative estimate of drug-likeness (QED) is 0.724. The number of ether oxygens (including phenoxy) is 1. The predicted octanol–water partition coefficient (Wildman–Crippen LogP) is 2.97. The van der Waals surface area contributed by atoms with Crippen LogP contribution < -0.4 is 14.5 Å². The number of carbonyl (C=O) groups excluding carboxylic acids is 2. The minimum absolute atomic E-state index is 0.0664. The number of halogens is 1. The molecule has 1 saturated heterocycles. The van der Waals surface area contributed by atoms with Gasteiger partial charge in [-0.1, -0.05) is 23.7 Å². The zero-order chi connectivity index (χ0) is 20.5. The minimum atomic E-state index is -0.505. The van der Waals surface area contributed by atoms with E-state index in [1.54, 1.807) is 43.5 Å². The highest BCUT2D eigenvalue weighted by Crippen LogP contribution is 2.36. The van der Waals surface area contributed by atoms with Crippen molar-refractivity contribution in [2.75, 3.05) is 50.1 Å². The summed E-state index contributed by atoms with van der Waals surface area (Å²) in [5, 5.41) is -0.0664. The van der Waals surface area contributed by atoms with Crippen molar-refractivity contribution in [3.05, 3.63) is 59.1 Å². The summed E-state index contributed by atoms with van der Waals surface area (Å²) in [7, 11) is 3.68. The molecule has 29 heavy (non-hydrogen) atoms. The van der Waals surface area contributed by atoms with E-state index in [-0.39, 0.29) is 10.6 Å². The first-order chi connectivity index (χ1) is 14.0. The van der Waals surface area contributed by atoms with Crippen LogP contribution in [0.1, 0.15) is 5.56 Å². The number of anilines is 2. The molecule has 0 N–H and O–H groups in total. The van der Waals surface area contributed by atoms with Crippen LogP contribution in [0.15, 0.2) is 53.6 Å². The number of likely N-dealkylation sites (N-methyl/N-ethyl adjacent to an activating group) is 1. The number of hydrogen-bond acceptors (Lipinski definition) is 5. The third-order valence-electron chi connectivity index (χ3n) is 5.38. The molecule has 0 unspecified atom stereocenters. The van der Waals surface area contributed by atoms with Crippen molar-refractivity contribution in [2.24, 2.45) is 0 Å². The Hall–Kier alpha value is -2.83. The molecule has 0 aliphatic carbocycles. The lowest BCUT2D eigenvalue weighted by Crippen LogP contribution is -2.44. The van der Waals surface area contributed by atoms with Gasteiger partial charge in [0.25, 0.3) is 11.8 Å². The third-order valence-corrected chi connectivity index (χ3v) is 5.73. The molecule has 2 aliphatic rings. The van der Waals surface area contributed by atoms with Crippen LogP contribution in [0, 0.1) is 0 Å². The summed E-state index contributed by atoms with van der Waals surface area (Å²) in [4.78, 5) is 31.5. The van der Waals surface area contributed by atoms with Crippen molar-refractivity contribution in [1.29, 1.82) is 0 Å². The van der Waals surface area contributed by atoms with Crippen LogP contribution >= 0.6 is 11.6 Å². The normalized spacial score (nSPS) is 18.0. The summed E-state index contributed by atoms with van der Waals surface area (Å²) in [5.41, 5.74) is 2.39. The van der Waals surface area contributed by atoms with Crippen LogP contribution in [0.5, 0.6) is 5.75 Å². The number of methoxy groups -OCH3 is 1. The van der Waals surface area contributed by atoms with Gasteiger partial charge in [-0.25, -0.2) is 4.90 Å². The van der Waals surface area contributed by atoms with Gasteiger partial charge in [-0.15, -0.1) is 0 Å². The van der Waals surface area contributed by atoms with Gasteiger partial charge >= 0.3 is 0 Å². The summed E-state index contributed by atoms with van der Waals surface area (Å²) in [6.07, 6.45) is 0. The molecule has 2 aromatic carbocycles. The Kier molecular flexibility index (Phi) is 5.30. The molecular weight excluding hydrogens is 390 g/mol. The maximum atomic E-state index is 13.0. The van der Waals surface area contributed by atoms with Crippen molar-refractivity contribution >= 4 is 40.4 Å². The Morgan fingerprint density at radius 3 is 2.00 bits per heavy atom. The van der Waals surface area contributed by atoms with Crippen LogP contribution in [-0.4, -0.2) is 57.1 Å². The third kappa shape index (κ3) is 3.61. The van der Waals surface area contributed by atoms with Gasteiger partial charge in [0, 0.05) is 31.9 Å². The highest BCUT2D eigenvalue weighted by atomic mass is 35.5. The largest absolute Gasteiger partial charge is 0.497 e. The first kappa shape index (κ1) is 19.5.